The average molecular weight is 212 g/mol. The summed E-state index contributed by atoms with van der Waals surface area (Å²) in [6.07, 6.45) is 4.48. The van der Waals surface area contributed by atoms with Gasteiger partial charge in [0.1, 0.15) is 0 Å². The molecular weight excluding hydrogens is 192 g/mol. The van der Waals surface area contributed by atoms with Gasteiger partial charge in [0.15, 0.2) is 0 Å². The van der Waals surface area contributed by atoms with Crippen molar-refractivity contribution in [2.75, 3.05) is 0 Å². The molecule has 1 aliphatic carbocycles. The molecule has 2 rings (SSSR count). The summed E-state index contributed by atoms with van der Waals surface area (Å²) in [5.74, 6) is 0.523. The third kappa shape index (κ3) is 2.11. The van der Waals surface area contributed by atoms with Crippen molar-refractivity contribution in [2.45, 2.75) is 38.5 Å². The maximum Gasteiger partial charge on any atom is 0.00887 e. The lowest BCUT2D eigenvalue weighted by atomic mass is 9.90. The zero-order chi connectivity index (χ0) is 11.5. The molecule has 1 aliphatic rings. The summed E-state index contributed by atoms with van der Waals surface area (Å²) < 4.78 is 0. The maximum atomic E-state index is 4.22. The van der Waals surface area contributed by atoms with E-state index >= 15 is 0 Å². The van der Waals surface area contributed by atoms with Crippen LogP contribution in [0.5, 0.6) is 0 Å². The van der Waals surface area contributed by atoms with Gasteiger partial charge in [0.2, 0.25) is 0 Å². The molecule has 1 aromatic carbocycles. The highest BCUT2D eigenvalue weighted by Crippen LogP contribution is 2.40. The van der Waals surface area contributed by atoms with Crippen molar-refractivity contribution in [2.24, 2.45) is 0 Å². The van der Waals surface area contributed by atoms with Crippen LogP contribution in [0.25, 0.3) is 0 Å². The van der Waals surface area contributed by atoms with Gasteiger partial charge in [-0.05, 0) is 30.4 Å². The minimum Gasteiger partial charge on any atom is -0.0998 e. The van der Waals surface area contributed by atoms with Gasteiger partial charge < -0.3 is 0 Å². The molecule has 0 heteroatoms. The van der Waals surface area contributed by atoms with Crippen molar-refractivity contribution in [3.8, 4) is 0 Å². The quantitative estimate of drug-likeness (QED) is 0.638. The zero-order valence-corrected chi connectivity index (χ0v) is 10.1. The fourth-order valence-electron chi connectivity index (χ4n) is 2.62. The Morgan fingerprint density at radius 2 is 2.12 bits per heavy atom. The van der Waals surface area contributed by atoms with Crippen LogP contribution in [0.1, 0.15) is 43.2 Å². The van der Waals surface area contributed by atoms with Gasteiger partial charge >= 0.3 is 0 Å². The van der Waals surface area contributed by atoms with Gasteiger partial charge in [-0.15, -0.1) is 0 Å². The molecule has 0 saturated heterocycles. The van der Waals surface area contributed by atoms with E-state index in [1.165, 1.54) is 28.7 Å². The van der Waals surface area contributed by atoms with E-state index in [9.17, 15) is 0 Å². The Kier molecular flexibility index (Phi) is 3.28. The van der Waals surface area contributed by atoms with E-state index in [1.54, 1.807) is 0 Å². The smallest absolute Gasteiger partial charge is 0.00887 e. The fourth-order valence-corrected chi connectivity index (χ4v) is 2.62. The first kappa shape index (κ1) is 11.2. The first-order chi connectivity index (χ1) is 7.72. The molecule has 0 radical (unpaired) electrons. The molecular formula is C16H20. The first-order valence-electron chi connectivity index (χ1n) is 6.14. The number of rotatable bonds is 4. The van der Waals surface area contributed by atoms with Crippen molar-refractivity contribution in [1.82, 2.24) is 0 Å². The van der Waals surface area contributed by atoms with Crippen LogP contribution in [0.4, 0.5) is 0 Å². The SMILES string of the molecule is C=C(CCC)CC1C(=C)Cc2ccccc21. The van der Waals surface area contributed by atoms with Crippen molar-refractivity contribution in [1.29, 1.82) is 0 Å². The second kappa shape index (κ2) is 4.69. The zero-order valence-electron chi connectivity index (χ0n) is 10.1. The molecule has 84 valence electrons. The summed E-state index contributed by atoms with van der Waals surface area (Å²) in [7, 11) is 0. The van der Waals surface area contributed by atoms with Crippen LogP contribution >= 0.6 is 0 Å². The number of hydrogen-bond donors (Lipinski definition) is 0. The first-order valence-corrected chi connectivity index (χ1v) is 6.14. The number of benzene rings is 1. The molecule has 0 spiro atoms. The van der Waals surface area contributed by atoms with E-state index in [1.807, 2.05) is 0 Å². The summed E-state index contributed by atoms with van der Waals surface area (Å²) in [5.41, 5.74) is 5.66. The Bertz CT molecular complexity index is 412. The minimum absolute atomic E-state index is 0.523. The third-order valence-electron chi connectivity index (χ3n) is 3.44. The Morgan fingerprint density at radius 1 is 1.38 bits per heavy atom. The molecule has 0 aromatic heterocycles. The molecule has 1 aromatic rings. The summed E-state index contributed by atoms with van der Waals surface area (Å²) in [6.45, 7) is 10.6. The molecule has 0 nitrogen and oxygen atoms in total. The maximum absolute atomic E-state index is 4.22. The third-order valence-corrected chi connectivity index (χ3v) is 3.44. The Labute approximate surface area is 98.7 Å². The predicted octanol–water partition coefficient (Wildman–Crippen LogP) is 4.63. The normalized spacial score (nSPS) is 18.6. The molecule has 1 unspecified atom stereocenters. The summed E-state index contributed by atoms with van der Waals surface area (Å²) in [6, 6.07) is 8.73. The largest absolute Gasteiger partial charge is 0.0998 e. The Balaban J connectivity index is 2.16. The monoisotopic (exact) mass is 212 g/mol. The summed E-state index contributed by atoms with van der Waals surface area (Å²) >= 11 is 0. The second-order valence-corrected chi connectivity index (χ2v) is 4.79. The van der Waals surface area contributed by atoms with E-state index in [0.29, 0.717) is 5.92 Å². The molecule has 0 saturated carbocycles. The fraction of sp³-hybridized carbons (Fsp3) is 0.375. The van der Waals surface area contributed by atoms with Gasteiger partial charge in [-0.25, -0.2) is 0 Å². The van der Waals surface area contributed by atoms with E-state index in [0.717, 1.165) is 19.3 Å². The van der Waals surface area contributed by atoms with Crippen LogP contribution in [0.15, 0.2) is 48.6 Å². The molecule has 0 heterocycles. The lowest BCUT2D eigenvalue weighted by Crippen LogP contribution is -1.97. The van der Waals surface area contributed by atoms with Gasteiger partial charge in [-0.1, -0.05) is 61.9 Å². The highest BCUT2D eigenvalue weighted by Gasteiger charge is 2.25. The molecule has 0 N–H and O–H groups in total. The van der Waals surface area contributed by atoms with Gasteiger partial charge in [-0.3, -0.25) is 0 Å². The van der Waals surface area contributed by atoms with Crippen LogP contribution < -0.4 is 0 Å². The van der Waals surface area contributed by atoms with Crippen molar-refractivity contribution in [3.05, 3.63) is 59.7 Å². The highest BCUT2D eigenvalue weighted by molar-refractivity contribution is 5.45. The van der Waals surface area contributed by atoms with Crippen LogP contribution in [0.3, 0.4) is 0 Å². The van der Waals surface area contributed by atoms with Crippen molar-refractivity contribution < 1.29 is 0 Å². The van der Waals surface area contributed by atoms with Crippen LogP contribution in [-0.2, 0) is 6.42 Å². The summed E-state index contributed by atoms with van der Waals surface area (Å²) in [4.78, 5) is 0. The van der Waals surface area contributed by atoms with E-state index in [4.69, 9.17) is 0 Å². The van der Waals surface area contributed by atoms with Crippen LogP contribution in [0.2, 0.25) is 0 Å². The van der Waals surface area contributed by atoms with E-state index < -0.39 is 0 Å². The van der Waals surface area contributed by atoms with Gasteiger partial charge in [0.25, 0.3) is 0 Å². The summed E-state index contributed by atoms with van der Waals surface area (Å²) in [5, 5.41) is 0. The number of allylic oxidation sites excluding steroid dienone is 2. The number of hydrogen-bond acceptors (Lipinski definition) is 0. The molecule has 0 aliphatic heterocycles. The topological polar surface area (TPSA) is 0 Å². The molecule has 16 heavy (non-hydrogen) atoms. The number of fused-ring (bicyclic) bond motifs is 1. The average Bonchev–Trinajstić information content (AvgIpc) is 2.56. The van der Waals surface area contributed by atoms with Crippen LogP contribution in [0, 0.1) is 0 Å². The lowest BCUT2D eigenvalue weighted by Gasteiger charge is -2.14. The second-order valence-electron chi connectivity index (χ2n) is 4.79. The van der Waals surface area contributed by atoms with Gasteiger partial charge in [0.05, 0.1) is 0 Å². The minimum atomic E-state index is 0.523. The van der Waals surface area contributed by atoms with Gasteiger partial charge in [-0.2, -0.15) is 0 Å². The van der Waals surface area contributed by atoms with Crippen molar-refractivity contribution in [3.63, 3.8) is 0 Å². The molecule has 0 fully saturated rings. The molecule has 0 amide bonds. The van der Waals surface area contributed by atoms with Crippen LogP contribution in [-0.4, -0.2) is 0 Å². The van der Waals surface area contributed by atoms with Crippen molar-refractivity contribution >= 4 is 0 Å². The van der Waals surface area contributed by atoms with E-state index in [-0.39, 0.29) is 0 Å². The molecule has 1 atom stereocenters. The lowest BCUT2D eigenvalue weighted by molar-refractivity contribution is 0.751. The Morgan fingerprint density at radius 3 is 2.88 bits per heavy atom. The highest BCUT2D eigenvalue weighted by atomic mass is 14.3. The standard InChI is InChI=1S/C16H20/c1-4-7-12(2)10-16-13(3)11-14-8-5-6-9-15(14)16/h5-6,8-9,16H,2-4,7,10-11H2,1H3. The van der Waals surface area contributed by atoms with Gasteiger partial charge in [0, 0.05) is 5.92 Å². The Hall–Kier alpha value is -1.30. The predicted molar refractivity (Wildman–Crippen MR) is 70.7 cm³/mol. The molecule has 0 bridgehead atoms. The van der Waals surface area contributed by atoms with E-state index in [2.05, 4.69) is 44.3 Å².